The van der Waals surface area contributed by atoms with E-state index in [1.807, 2.05) is 30.3 Å². The number of anilines is 2. The summed E-state index contributed by atoms with van der Waals surface area (Å²) in [5, 5.41) is 46.6. The van der Waals surface area contributed by atoms with Crippen molar-refractivity contribution in [2.24, 2.45) is 20.5 Å². The molecule has 0 aromatic heterocycles. The van der Waals surface area contributed by atoms with Crippen LogP contribution in [0, 0.1) is 0 Å². The number of para-hydroxylation sites is 1. The molecule has 0 aliphatic heterocycles. The number of hydrogen-bond acceptors (Lipinski definition) is 13. The quantitative estimate of drug-likeness (QED) is 0.0973. The second-order valence-electron chi connectivity index (χ2n) is 12.4. The van der Waals surface area contributed by atoms with Crippen molar-refractivity contribution < 1.29 is 105 Å². The van der Waals surface area contributed by atoms with Crippen LogP contribution in [0.15, 0.2) is 152 Å². The molecule has 3 N–H and O–H groups in total. The molecule has 0 heterocycles. The van der Waals surface area contributed by atoms with Gasteiger partial charge in [-0.1, -0.05) is 72.2 Å². The second kappa shape index (κ2) is 18.6. The molecule has 0 saturated carbocycles. The fraction of sp³-hybridized carbons (Fsp3) is 0.0500. The first-order valence-corrected chi connectivity index (χ1v) is 19.6. The summed E-state index contributed by atoms with van der Waals surface area (Å²) < 4.78 is 80.0. The minimum atomic E-state index is -4.91. The molecule has 0 spiro atoms. The van der Waals surface area contributed by atoms with Crippen molar-refractivity contribution >= 4 is 75.9 Å². The maximum Gasteiger partial charge on any atom is 1.00 e. The molecule has 7 rings (SSSR count). The van der Waals surface area contributed by atoms with Crippen molar-refractivity contribution in [2.45, 2.75) is 9.79 Å². The van der Waals surface area contributed by atoms with E-state index in [2.05, 4.69) is 25.8 Å². The van der Waals surface area contributed by atoms with Gasteiger partial charge in [0.15, 0.2) is 0 Å². The van der Waals surface area contributed by atoms with Gasteiger partial charge in [-0.05, 0) is 87.9 Å². The number of rotatable bonds is 11. The number of ether oxygens (including phenoxy) is 2. The van der Waals surface area contributed by atoms with E-state index < -0.39 is 47.2 Å². The van der Waals surface area contributed by atoms with Gasteiger partial charge in [0.2, 0.25) is 0 Å². The van der Waals surface area contributed by atoms with E-state index in [9.17, 15) is 36.2 Å². The van der Waals surface area contributed by atoms with Crippen LogP contribution in [-0.4, -0.2) is 40.2 Å². The molecule has 0 aliphatic carbocycles. The van der Waals surface area contributed by atoms with Gasteiger partial charge in [0.05, 0.1) is 25.6 Å². The molecule has 0 unspecified atom stereocenters. The largest absolute Gasteiger partial charge is 1.00 e. The zero-order valence-electron chi connectivity index (χ0n) is 31.8. The number of hydrogen-bond donors (Lipinski definition) is 3. The number of azo groups is 2. The molecular weight excluding hydrogens is 821 g/mol. The van der Waals surface area contributed by atoms with Crippen LogP contribution in [0.5, 0.6) is 23.0 Å². The molecule has 19 heteroatoms. The first-order chi connectivity index (χ1) is 27.2. The minimum absolute atomic E-state index is 0. The Labute approximate surface area is 382 Å². The van der Waals surface area contributed by atoms with E-state index in [0.717, 1.165) is 17.8 Å². The number of fused-ring (bicyclic) bond motifs is 2. The van der Waals surface area contributed by atoms with E-state index in [4.69, 9.17) is 9.47 Å². The Kier molecular flexibility index (Phi) is 14.2. The Hall–Kier alpha value is -4.92. The normalized spacial score (nSPS) is 11.7. The van der Waals surface area contributed by atoms with Gasteiger partial charge >= 0.3 is 59.1 Å². The molecule has 0 radical (unpaired) electrons. The van der Waals surface area contributed by atoms with E-state index in [1.54, 1.807) is 48.5 Å². The third-order valence-electron chi connectivity index (χ3n) is 8.80. The van der Waals surface area contributed by atoms with Crippen LogP contribution in [0.3, 0.4) is 0 Å². The fourth-order valence-electron chi connectivity index (χ4n) is 6.08. The average molecular weight is 850 g/mol. The first kappa shape index (κ1) is 45.2. The van der Waals surface area contributed by atoms with Gasteiger partial charge < -0.3 is 25.0 Å². The van der Waals surface area contributed by atoms with Gasteiger partial charge in [-0.3, -0.25) is 9.11 Å². The molecule has 0 amide bonds. The van der Waals surface area contributed by atoms with Crippen molar-refractivity contribution in [1.29, 1.82) is 0 Å². The van der Waals surface area contributed by atoms with Crippen LogP contribution in [0.4, 0.5) is 34.1 Å². The summed E-state index contributed by atoms with van der Waals surface area (Å²) >= 11 is 0. The molecule has 0 atom stereocenters. The number of benzene rings is 7. The van der Waals surface area contributed by atoms with Gasteiger partial charge in [-0.25, -0.2) is 0 Å². The van der Waals surface area contributed by atoms with Gasteiger partial charge in [-0.15, -0.1) is 15.3 Å². The molecule has 0 fully saturated rings. The Morgan fingerprint density at radius 2 is 1.07 bits per heavy atom. The summed E-state index contributed by atoms with van der Waals surface area (Å²) in [7, 11) is -6.83. The van der Waals surface area contributed by atoms with Gasteiger partial charge in [0.25, 0.3) is 20.2 Å². The number of nitrogens with zero attached hydrogens (tertiary/aromatic N) is 4. The molecule has 59 heavy (non-hydrogen) atoms. The first-order valence-electron chi connectivity index (χ1n) is 16.7. The van der Waals surface area contributed by atoms with Crippen LogP contribution in [0.25, 0.3) is 32.7 Å². The van der Waals surface area contributed by atoms with Gasteiger partial charge in [-0.2, -0.15) is 21.9 Å². The molecular formula is C40H29N5Na2O10S2. The molecule has 7 aromatic carbocycles. The summed E-state index contributed by atoms with van der Waals surface area (Å²) in [6.07, 6.45) is 0. The van der Waals surface area contributed by atoms with Crippen LogP contribution in [0.2, 0.25) is 0 Å². The van der Waals surface area contributed by atoms with Crippen molar-refractivity contribution in [3.05, 3.63) is 121 Å². The van der Waals surface area contributed by atoms with E-state index in [-0.39, 0.29) is 109 Å². The molecule has 288 valence electrons. The zero-order chi connectivity index (χ0) is 40.5. The SMILES string of the molecule is COc1cc(-c2ccc(N=Nc3c(S(=O)(=O)O)cc4cc(Nc5ccccc5)ccc4c3[O-])c(OC)c2)ccc1N=Nc1cc(S(=O)(=O)O)c2ccccc2c1[O-].[Na+].[Na+]. The van der Waals surface area contributed by atoms with Crippen molar-refractivity contribution in [3.63, 3.8) is 0 Å². The topological polar surface area (TPSA) is 235 Å². The van der Waals surface area contributed by atoms with Gasteiger partial charge in [0.1, 0.15) is 32.7 Å². The maximum absolute atomic E-state index is 13.6. The molecule has 15 nitrogen and oxygen atoms in total. The third kappa shape index (κ3) is 9.77. The van der Waals surface area contributed by atoms with Crippen LogP contribution in [-0.2, 0) is 20.2 Å². The summed E-state index contributed by atoms with van der Waals surface area (Å²) in [5.41, 5.74) is 2.01. The summed E-state index contributed by atoms with van der Waals surface area (Å²) in [5.74, 6) is -0.914. The predicted molar refractivity (Wildman–Crippen MR) is 209 cm³/mol. The third-order valence-corrected chi connectivity index (χ3v) is 10.6. The molecule has 0 bridgehead atoms. The van der Waals surface area contributed by atoms with E-state index >= 15 is 0 Å². The predicted octanol–water partition coefficient (Wildman–Crippen LogP) is 2.90. The monoisotopic (exact) mass is 849 g/mol. The Morgan fingerprint density at radius 1 is 0.525 bits per heavy atom. The van der Waals surface area contributed by atoms with Gasteiger partial charge in [0, 0.05) is 16.8 Å². The Balaban J connectivity index is 0.00000331. The number of nitrogens with one attached hydrogen (secondary N) is 1. The van der Waals surface area contributed by atoms with Crippen LogP contribution < -0.4 is 84.1 Å². The maximum atomic E-state index is 13.6. The molecule has 0 saturated heterocycles. The van der Waals surface area contributed by atoms with Crippen LogP contribution in [0.1, 0.15) is 0 Å². The standard InChI is InChI=1S/C40H31N5O10S2.2Na/c1-54-34-19-23(12-16-31(34)42-44-33-22-36(56(48,49)50)29-10-6-7-11-30(29)39(33)46)24-13-17-32(35(20-24)55-2)43-45-38-37(57(51,52)53)21-25-18-27(14-15-28(25)40(38)47)41-26-8-4-3-5-9-26;;/h3-22,41,46-47H,1-2H3,(H,48,49,50)(H,51,52,53);;/q;2*+1/p-2. The Bertz CT molecular complexity index is 3010. The van der Waals surface area contributed by atoms with E-state index in [1.165, 1.54) is 44.6 Å². The summed E-state index contributed by atoms with van der Waals surface area (Å²) in [6.45, 7) is 0. The second-order valence-corrected chi connectivity index (χ2v) is 15.2. The fourth-order valence-corrected chi connectivity index (χ4v) is 7.45. The minimum Gasteiger partial charge on any atom is -0.871 e. The average Bonchev–Trinajstić information content (AvgIpc) is 3.19. The van der Waals surface area contributed by atoms with E-state index in [0.29, 0.717) is 16.8 Å². The molecule has 7 aromatic rings. The smallest absolute Gasteiger partial charge is 0.871 e. The zero-order valence-corrected chi connectivity index (χ0v) is 37.4. The summed E-state index contributed by atoms with van der Waals surface area (Å²) in [4.78, 5) is -1.20. The van der Waals surface area contributed by atoms with Crippen molar-refractivity contribution in [2.75, 3.05) is 19.5 Å². The number of methoxy groups -OCH3 is 2. The van der Waals surface area contributed by atoms with Crippen LogP contribution >= 0.6 is 0 Å². The van der Waals surface area contributed by atoms with Crippen molar-refractivity contribution in [3.8, 4) is 34.1 Å². The summed E-state index contributed by atoms with van der Waals surface area (Å²) in [6, 6.07) is 31.7. The van der Waals surface area contributed by atoms with Crippen molar-refractivity contribution in [1.82, 2.24) is 0 Å². The molecule has 0 aliphatic rings. The Morgan fingerprint density at radius 3 is 1.64 bits per heavy atom.